The lowest BCUT2D eigenvalue weighted by atomic mass is 9.85. The Labute approximate surface area is 116 Å². The molecule has 2 fully saturated rings. The highest BCUT2D eigenvalue weighted by Gasteiger charge is 2.31. The molecule has 19 heavy (non-hydrogen) atoms. The summed E-state index contributed by atoms with van der Waals surface area (Å²) in [6.45, 7) is 5.82. The summed E-state index contributed by atoms with van der Waals surface area (Å²) in [5.74, 6) is 0.151. The molecule has 0 bridgehead atoms. The van der Waals surface area contributed by atoms with E-state index in [0.717, 1.165) is 32.2 Å². The number of nitrogens with zero attached hydrogens (tertiary/aromatic N) is 1. The summed E-state index contributed by atoms with van der Waals surface area (Å²) >= 11 is 0. The van der Waals surface area contributed by atoms with Gasteiger partial charge in [-0.2, -0.15) is 0 Å². The van der Waals surface area contributed by atoms with Gasteiger partial charge in [-0.3, -0.25) is 4.79 Å². The number of esters is 1. The van der Waals surface area contributed by atoms with E-state index in [2.05, 4.69) is 24.2 Å². The minimum atomic E-state index is 0.00942. The molecule has 2 unspecified atom stereocenters. The molecule has 1 aliphatic heterocycles. The van der Waals surface area contributed by atoms with Crippen LogP contribution in [-0.2, 0) is 9.53 Å². The maximum absolute atomic E-state index is 11.7. The summed E-state index contributed by atoms with van der Waals surface area (Å²) in [5.41, 5.74) is 0. The summed E-state index contributed by atoms with van der Waals surface area (Å²) in [6.07, 6.45) is 5.42. The molecule has 110 valence electrons. The van der Waals surface area contributed by atoms with Crippen LogP contribution in [0, 0.1) is 5.92 Å². The molecular weight excluding hydrogens is 240 g/mol. The maximum Gasteiger partial charge on any atom is 0.308 e. The predicted octanol–water partition coefficient (Wildman–Crippen LogP) is 1.79. The number of likely N-dealkylation sites (N-methyl/N-ethyl adjacent to an activating group) is 1. The first-order valence-corrected chi connectivity index (χ1v) is 7.73. The highest BCUT2D eigenvalue weighted by molar-refractivity contribution is 5.72. The van der Waals surface area contributed by atoms with Crippen LogP contribution >= 0.6 is 0 Å². The summed E-state index contributed by atoms with van der Waals surface area (Å²) in [5, 5.41) is 3.78. The second-order valence-corrected chi connectivity index (χ2v) is 6.19. The van der Waals surface area contributed by atoms with Crippen LogP contribution in [0.5, 0.6) is 0 Å². The molecule has 0 aromatic heterocycles. The van der Waals surface area contributed by atoms with E-state index in [9.17, 15) is 4.79 Å². The monoisotopic (exact) mass is 268 g/mol. The second-order valence-electron chi connectivity index (χ2n) is 6.19. The van der Waals surface area contributed by atoms with E-state index in [1.165, 1.54) is 6.42 Å². The third kappa shape index (κ3) is 3.93. The number of carbonyl (C=O) groups excluding carboxylic acids is 1. The first-order valence-electron chi connectivity index (χ1n) is 7.73. The zero-order valence-corrected chi connectivity index (χ0v) is 12.5. The van der Waals surface area contributed by atoms with Crippen LogP contribution in [0.4, 0.5) is 0 Å². The van der Waals surface area contributed by atoms with Crippen molar-refractivity contribution in [1.29, 1.82) is 0 Å². The van der Waals surface area contributed by atoms with Gasteiger partial charge in [-0.05, 0) is 53.0 Å². The summed E-state index contributed by atoms with van der Waals surface area (Å²) < 4.78 is 5.11. The average molecular weight is 268 g/mol. The van der Waals surface area contributed by atoms with Gasteiger partial charge in [-0.25, -0.2) is 0 Å². The van der Waals surface area contributed by atoms with Gasteiger partial charge < -0.3 is 15.0 Å². The largest absolute Gasteiger partial charge is 0.466 e. The van der Waals surface area contributed by atoms with Gasteiger partial charge in [0.1, 0.15) is 0 Å². The molecule has 1 saturated heterocycles. The van der Waals surface area contributed by atoms with Gasteiger partial charge in [0.2, 0.25) is 0 Å². The SMILES string of the molecule is CCOC(=O)C1CCC(NC2CC(C)N(C)C2)CC1. The Balaban J connectivity index is 1.70. The van der Waals surface area contributed by atoms with Crippen molar-refractivity contribution >= 4 is 5.97 Å². The topological polar surface area (TPSA) is 41.6 Å². The molecule has 0 radical (unpaired) electrons. The minimum Gasteiger partial charge on any atom is -0.466 e. The molecule has 0 aromatic carbocycles. The van der Waals surface area contributed by atoms with E-state index in [4.69, 9.17) is 4.74 Å². The zero-order valence-electron chi connectivity index (χ0n) is 12.5. The third-order valence-corrected chi connectivity index (χ3v) is 4.70. The quantitative estimate of drug-likeness (QED) is 0.789. The maximum atomic E-state index is 11.7. The van der Waals surface area contributed by atoms with Crippen molar-refractivity contribution in [1.82, 2.24) is 10.2 Å². The Morgan fingerprint density at radius 3 is 2.47 bits per heavy atom. The van der Waals surface area contributed by atoms with Gasteiger partial charge in [0.15, 0.2) is 0 Å². The molecule has 4 nitrogen and oxygen atoms in total. The lowest BCUT2D eigenvalue weighted by Crippen LogP contribution is -2.42. The van der Waals surface area contributed by atoms with Crippen LogP contribution in [0.1, 0.15) is 46.0 Å². The highest BCUT2D eigenvalue weighted by Crippen LogP contribution is 2.26. The van der Waals surface area contributed by atoms with E-state index < -0.39 is 0 Å². The van der Waals surface area contributed by atoms with Crippen LogP contribution < -0.4 is 5.32 Å². The number of carbonyl (C=O) groups is 1. The van der Waals surface area contributed by atoms with E-state index in [0.29, 0.717) is 24.7 Å². The molecule has 1 N–H and O–H groups in total. The Morgan fingerprint density at radius 1 is 1.26 bits per heavy atom. The Kier molecular flexibility index (Phi) is 5.22. The minimum absolute atomic E-state index is 0.00942. The number of nitrogens with one attached hydrogen (secondary N) is 1. The van der Waals surface area contributed by atoms with Crippen molar-refractivity contribution in [2.24, 2.45) is 5.92 Å². The van der Waals surface area contributed by atoms with E-state index in [-0.39, 0.29) is 11.9 Å². The zero-order chi connectivity index (χ0) is 13.8. The van der Waals surface area contributed by atoms with Crippen molar-refractivity contribution < 1.29 is 9.53 Å². The fourth-order valence-corrected chi connectivity index (χ4v) is 3.40. The summed E-state index contributed by atoms with van der Waals surface area (Å²) in [6, 6.07) is 1.91. The molecule has 0 amide bonds. The van der Waals surface area contributed by atoms with E-state index in [1.54, 1.807) is 0 Å². The molecule has 4 heteroatoms. The predicted molar refractivity (Wildman–Crippen MR) is 76.0 cm³/mol. The molecule has 2 aliphatic rings. The average Bonchev–Trinajstić information content (AvgIpc) is 2.69. The Bertz CT molecular complexity index is 291. The number of ether oxygens (including phenoxy) is 1. The molecule has 2 atom stereocenters. The van der Waals surface area contributed by atoms with Crippen molar-refractivity contribution in [2.75, 3.05) is 20.2 Å². The number of likely N-dealkylation sites (tertiary alicyclic amines) is 1. The molecule has 1 saturated carbocycles. The number of rotatable bonds is 4. The van der Waals surface area contributed by atoms with Gasteiger partial charge in [-0.15, -0.1) is 0 Å². The van der Waals surface area contributed by atoms with Gasteiger partial charge in [0.25, 0.3) is 0 Å². The molecule has 2 rings (SSSR count). The van der Waals surface area contributed by atoms with Gasteiger partial charge in [0, 0.05) is 24.7 Å². The lowest BCUT2D eigenvalue weighted by molar-refractivity contribution is -0.149. The summed E-state index contributed by atoms with van der Waals surface area (Å²) in [4.78, 5) is 14.1. The van der Waals surface area contributed by atoms with Crippen molar-refractivity contribution in [2.45, 2.75) is 64.1 Å². The molecule has 1 heterocycles. The van der Waals surface area contributed by atoms with Crippen molar-refractivity contribution in [3.05, 3.63) is 0 Å². The highest BCUT2D eigenvalue weighted by atomic mass is 16.5. The number of hydrogen-bond acceptors (Lipinski definition) is 4. The lowest BCUT2D eigenvalue weighted by Gasteiger charge is -2.30. The van der Waals surface area contributed by atoms with Gasteiger partial charge in [-0.1, -0.05) is 0 Å². The van der Waals surface area contributed by atoms with Crippen LogP contribution in [0.15, 0.2) is 0 Å². The van der Waals surface area contributed by atoms with E-state index in [1.807, 2.05) is 6.92 Å². The van der Waals surface area contributed by atoms with Crippen LogP contribution in [-0.4, -0.2) is 49.2 Å². The molecule has 0 aromatic rings. The first-order chi connectivity index (χ1) is 9.10. The fraction of sp³-hybridized carbons (Fsp3) is 0.933. The van der Waals surface area contributed by atoms with E-state index >= 15 is 0 Å². The van der Waals surface area contributed by atoms with Crippen molar-refractivity contribution in [3.8, 4) is 0 Å². The van der Waals surface area contributed by atoms with Gasteiger partial charge >= 0.3 is 5.97 Å². The van der Waals surface area contributed by atoms with Crippen LogP contribution in [0.3, 0.4) is 0 Å². The summed E-state index contributed by atoms with van der Waals surface area (Å²) in [7, 11) is 2.20. The first kappa shape index (κ1) is 14.8. The van der Waals surface area contributed by atoms with Crippen LogP contribution in [0.2, 0.25) is 0 Å². The van der Waals surface area contributed by atoms with Gasteiger partial charge in [0.05, 0.1) is 12.5 Å². The Hall–Kier alpha value is -0.610. The molecule has 1 aliphatic carbocycles. The molecule has 0 spiro atoms. The normalized spacial score (nSPS) is 36.4. The fourth-order valence-electron chi connectivity index (χ4n) is 3.40. The Morgan fingerprint density at radius 2 is 1.95 bits per heavy atom. The van der Waals surface area contributed by atoms with Crippen molar-refractivity contribution in [3.63, 3.8) is 0 Å². The smallest absolute Gasteiger partial charge is 0.308 e. The molecular formula is C15H28N2O2. The second kappa shape index (κ2) is 6.71. The van der Waals surface area contributed by atoms with Crippen LogP contribution in [0.25, 0.3) is 0 Å². The number of hydrogen-bond donors (Lipinski definition) is 1. The third-order valence-electron chi connectivity index (χ3n) is 4.70. The standard InChI is InChI=1S/C15H28N2O2/c1-4-19-15(18)12-5-7-13(8-6-12)16-14-9-11(2)17(3)10-14/h11-14,16H,4-10H2,1-3H3.